The van der Waals surface area contributed by atoms with Crippen LogP contribution in [0, 0.1) is 0 Å². The minimum Gasteiger partial charge on any atom is -0.316 e. The molecule has 0 saturated carbocycles. The predicted octanol–water partition coefficient (Wildman–Crippen LogP) is 3.18. The van der Waals surface area contributed by atoms with E-state index in [1.54, 1.807) is 0 Å². The highest BCUT2D eigenvalue weighted by molar-refractivity contribution is 9.10. The fraction of sp³-hybridized carbons (Fsp3) is 0.400. The summed E-state index contributed by atoms with van der Waals surface area (Å²) >= 11 is 9.43. The van der Waals surface area contributed by atoms with Crippen LogP contribution in [-0.2, 0) is 0 Å². The Morgan fingerprint density at radius 3 is 2.85 bits per heavy atom. The molecule has 1 fully saturated rings. The lowest BCUT2D eigenvalue weighted by molar-refractivity contribution is 0.763. The summed E-state index contributed by atoms with van der Waals surface area (Å²) in [4.78, 5) is 0. The van der Waals surface area contributed by atoms with Crippen LogP contribution < -0.4 is 5.32 Å². The van der Waals surface area contributed by atoms with E-state index < -0.39 is 0 Å². The molecule has 0 radical (unpaired) electrons. The first-order chi connectivity index (χ1) is 6.25. The molecule has 0 bridgehead atoms. The number of rotatable bonds is 1. The Bertz CT molecular complexity index is 288. The number of hydrogen-bond acceptors (Lipinski definition) is 1. The number of halogens is 2. The van der Waals surface area contributed by atoms with Gasteiger partial charge >= 0.3 is 0 Å². The monoisotopic (exact) mass is 259 g/mol. The zero-order chi connectivity index (χ0) is 9.26. The summed E-state index contributed by atoms with van der Waals surface area (Å²) in [5.41, 5.74) is 1.34. The minimum absolute atomic E-state index is 0.634. The van der Waals surface area contributed by atoms with Crippen molar-refractivity contribution in [1.82, 2.24) is 5.32 Å². The first kappa shape index (κ1) is 9.50. The van der Waals surface area contributed by atoms with E-state index in [9.17, 15) is 0 Å². The van der Waals surface area contributed by atoms with Gasteiger partial charge < -0.3 is 5.32 Å². The maximum absolute atomic E-state index is 5.98. The van der Waals surface area contributed by atoms with E-state index >= 15 is 0 Å². The van der Waals surface area contributed by atoms with Crippen molar-refractivity contribution >= 4 is 27.5 Å². The zero-order valence-corrected chi connectivity index (χ0v) is 9.53. The van der Waals surface area contributed by atoms with E-state index in [0.29, 0.717) is 5.92 Å². The number of benzene rings is 1. The van der Waals surface area contributed by atoms with Crippen LogP contribution in [0.2, 0.25) is 5.02 Å². The topological polar surface area (TPSA) is 12.0 Å². The highest BCUT2D eigenvalue weighted by Crippen LogP contribution is 2.28. The second-order valence-electron chi connectivity index (χ2n) is 3.39. The lowest BCUT2D eigenvalue weighted by Gasteiger charge is -2.09. The van der Waals surface area contributed by atoms with Gasteiger partial charge in [-0.1, -0.05) is 27.5 Å². The van der Waals surface area contributed by atoms with E-state index in [1.807, 2.05) is 6.07 Å². The van der Waals surface area contributed by atoms with Crippen molar-refractivity contribution in [2.24, 2.45) is 0 Å². The summed E-state index contributed by atoms with van der Waals surface area (Å²) < 4.78 is 1.07. The van der Waals surface area contributed by atoms with Crippen LogP contribution in [0.25, 0.3) is 0 Å². The molecule has 1 aliphatic heterocycles. The van der Waals surface area contributed by atoms with Gasteiger partial charge in [-0.3, -0.25) is 0 Å². The van der Waals surface area contributed by atoms with E-state index in [1.165, 1.54) is 12.0 Å². The van der Waals surface area contributed by atoms with Crippen LogP contribution in [-0.4, -0.2) is 13.1 Å². The standard InChI is InChI=1S/C10H11BrClN/c11-9-3-8(4-10(12)5-9)7-1-2-13-6-7/h3-5,7,13H,1-2,6H2/t7-/m0/s1. The molecule has 1 aromatic rings. The van der Waals surface area contributed by atoms with Gasteiger partial charge in [-0.2, -0.15) is 0 Å². The highest BCUT2D eigenvalue weighted by Gasteiger charge is 2.16. The molecule has 1 heterocycles. The van der Waals surface area contributed by atoms with Crippen LogP contribution in [0.4, 0.5) is 0 Å². The molecule has 3 heteroatoms. The fourth-order valence-electron chi connectivity index (χ4n) is 1.75. The third kappa shape index (κ3) is 2.25. The van der Waals surface area contributed by atoms with Crippen molar-refractivity contribution in [1.29, 1.82) is 0 Å². The normalized spacial score (nSPS) is 22.2. The molecule has 1 saturated heterocycles. The lowest BCUT2D eigenvalue weighted by Crippen LogP contribution is -2.07. The van der Waals surface area contributed by atoms with Crippen molar-refractivity contribution in [3.63, 3.8) is 0 Å². The Morgan fingerprint density at radius 1 is 1.38 bits per heavy atom. The number of hydrogen-bond donors (Lipinski definition) is 1. The van der Waals surface area contributed by atoms with Crippen molar-refractivity contribution in [3.05, 3.63) is 33.3 Å². The second kappa shape index (κ2) is 3.99. The van der Waals surface area contributed by atoms with Crippen molar-refractivity contribution < 1.29 is 0 Å². The molecule has 1 aromatic carbocycles. The summed E-state index contributed by atoms with van der Waals surface area (Å²) in [5.74, 6) is 0.634. The third-order valence-electron chi connectivity index (χ3n) is 2.42. The molecule has 1 atom stereocenters. The average Bonchev–Trinajstić information content (AvgIpc) is 2.53. The number of nitrogens with one attached hydrogen (secondary N) is 1. The van der Waals surface area contributed by atoms with Gasteiger partial charge in [0.1, 0.15) is 0 Å². The molecule has 1 nitrogen and oxygen atoms in total. The Balaban J connectivity index is 2.28. The van der Waals surface area contributed by atoms with Gasteiger partial charge in [0.25, 0.3) is 0 Å². The van der Waals surface area contributed by atoms with Crippen molar-refractivity contribution in [2.75, 3.05) is 13.1 Å². The molecule has 0 aromatic heterocycles. The van der Waals surface area contributed by atoms with Crippen molar-refractivity contribution in [2.45, 2.75) is 12.3 Å². The van der Waals surface area contributed by atoms with Gasteiger partial charge in [-0.05, 0) is 42.6 Å². The predicted molar refractivity (Wildman–Crippen MR) is 59.4 cm³/mol. The molecular weight excluding hydrogens is 249 g/mol. The second-order valence-corrected chi connectivity index (χ2v) is 4.74. The average molecular weight is 261 g/mol. The molecule has 70 valence electrons. The smallest absolute Gasteiger partial charge is 0.0420 e. The highest BCUT2D eigenvalue weighted by atomic mass is 79.9. The molecule has 0 aliphatic carbocycles. The molecule has 2 rings (SSSR count). The molecule has 0 unspecified atom stereocenters. The first-order valence-electron chi connectivity index (χ1n) is 4.42. The molecule has 1 aliphatic rings. The van der Waals surface area contributed by atoms with Gasteiger partial charge in [-0.15, -0.1) is 0 Å². The largest absolute Gasteiger partial charge is 0.316 e. The van der Waals surface area contributed by atoms with Crippen LogP contribution in [0.15, 0.2) is 22.7 Å². The first-order valence-corrected chi connectivity index (χ1v) is 5.59. The van der Waals surface area contributed by atoms with E-state index in [4.69, 9.17) is 11.6 Å². The molecule has 0 amide bonds. The van der Waals surface area contributed by atoms with Crippen LogP contribution in [0.3, 0.4) is 0 Å². The summed E-state index contributed by atoms with van der Waals surface area (Å²) in [6.07, 6.45) is 1.22. The van der Waals surface area contributed by atoms with Gasteiger partial charge in [0.15, 0.2) is 0 Å². The summed E-state index contributed by atoms with van der Waals surface area (Å²) in [6.45, 7) is 2.20. The maximum atomic E-state index is 5.98. The summed E-state index contributed by atoms with van der Waals surface area (Å²) in [6, 6.07) is 6.14. The Kier molecular flexibility index (Phi) is 2.92. The Hall–Kier alpha value is -0.0500. The quantitative estimate of drug-likeness (QED) is 0.818. The van der Waals surface area contributed by atoms with Crippen molar-refractivity contribution in [3.8, 4) is 0 Å². The van der Waals surface area contributed by atoms with Crippen LogP contribution in [0.5, 0.6) is 0 Å². The molecule has 13 heavy (non-hydrogen) atoms. The van der Waals surface area contributed by atoms with Gasteiger partial charge in [0.05, 0.1) is 0 Å². The molecule has 1 N–H and O–H groups in total. The van der Waals surface area contributed by atoms with Gasteiger partial charge in [-0.25, -0.2) is 0 Å². The van der Waals surface area contributed by atoms with Crippen LogP contribution in [0.1, 0.15) is 17.9 Å². The fourth-order valence-corrected chi connectivity index (χ4v) is 2.64. The maximum Gasteiger partial charge on any atom is 0.0420 e. The van der Waals surface area contributed by atoms with Gasteiger partial charge in [0.2, 0.25) is 0 Å². The lowest BCUT2D eigenvalue weighted by atomic mass is 9.99. The summed E-state index contributed by atoms with van der Waals surface area (Å²) in [5, 5.41) is 4.17. The minimum atomic E-state index is 0.634. The van der Waals surface area contributed by atoms with Crippen LogP contribution >= 0.6 is 27.5 Å². The SMILES string of the molecule is Clc1cc(Br)cc([C@H]2CCNC2)c1. The molecule has 0 spiro atoms. The zero-order valence-electron chi connectivity index (χ0n) is 7.19. The third-order valence-corrected chi connectivity index (χ3v) is 3.09. The van der Waals surface area contributed by atoms with Gasteiger partial charge in [0, 0.05) is 16.0 Å². The van der Waals surface area contributed by atoms with E-state index in [-0.39, 0.29) is 0 Å². The van der Waals surface area contributed by atoms with E-state index in [0.717, 1.165) is 22.6 Å². The summed E-state index contributed by atoms with van der Waals surface area (Å²) in [7, 11) is 0. The Labute approximate surface area is 91.6 Å². The molecular formula is C10H11BrClN. The van der Waals surface area contributed by atoms with E-state index in [2.05, 4.69) is 33.4 Å². The Morgan fingerprint density at radius 2 is 2.23 bits per heavy atom.